The molecule has 1 saturated heterocycles. The van der Waals surface area contributed by atoms with Crippen LogP contribution in [0.15, 0.2) is 53.4 Å². The van der Waals surface area contributed by atoms with E-state index in [1.807, 2.05) is 0 Å². The molecular weight excluding hydrogens is 340 g/mol. The minimum atomic E-state index is -3.79. The molecule has 0 aromatic heterocycles. The number of hydrogen-bond acceptors (Lipinski definition) is 4. The number of benzene rings is 2. The predicted molar refractivity (Wildman–Crippen MR) is 95.3 cm³/mol. The summed E-state index contributed by atoms with van der Waals surface area (Å²) in [4.78, 5) is 24.9. The summed E-state index contributed by atoms with van der Waals surface area (Å²) < 4.78 is 27.5. The molecule has 6 nitrogen and oxygen atoms in total. The van der Waals surface area contributed by atoms with Crippen LogP contribution in [0.25, 0.3) is 0 Å². The summed E-state index contributed by atoms with van der Waals surface area (Å²) in [7, 11) is -3.79. The van der Waals surface area contributed by atoms with Crippen molar-refractivity contribution in [2.75, 3.05) is 16.2 Å². The molecule has 1 fully saturated rings. The van der Waals surface area contributed by atoms with Crippen molar-refractivity contribution in [3.63, 3.8) is 0 Å². The quantitative estimate of drug-likeness (QED) is 0.833. The smallest absolute Gasteiger partial charge is 0.261 e. The van der Waals surface area contributed by atoms with Crippen molar-refractivity contribution < 1.29 is 18.0 Å². The largest absolute Gasteiger partial charge is 0.312 e. The molecule has 130 valence electrons. The summed E-state index contributed by atoms with van der Waals surface area (Å²) in [5.41, 5.74) is 1.48. The summed E-state index contributed by atoms with van der Waals surface area (Å²) >= 11 is 0. The van der Waals surface area contributed by atoms with Crippen molar-refractivity contribution in [1.82, 2.24) is 0 Å². The third-order valence-corrected chi connectivity index (χ3v) is 5.43. The van der Waals surface area contributed by atoms with Gasteiger partial charge in [-0.2, -0.15) is 0 Å². The monoisotopic (exact) mass is 358 g/mol. The SMILES string of the molecule is CC(=O)c1cccc(S(=O)(=O)Nc2ccc(N3CCCC3=O)cc2)c1. The minimum absolute atomic E-state index is 0.0268. The van der Waals surface area contributed by atoms with Crippen molar-refractivity contribution in [2.24, 2.45) is 0 Å². The van der Waals surface area contributed by atoms with Crippen molar-refractivity contribution in [2.45, 2.75) is 24.7 Å². The molecule has 3 rings (SSSR count). The fourth-order valence-electron chi connectivity index (χ4n) is 2.73. The van der Waals surface area contributed by atoms with E-state index in [-0.39, 0.29) is 16.6 Å². The maximum Gasteiger partial charge on any atom is 0.261 e. The van der Waals surface area contributed by atoms with Crippen LogP contribution in [0.2, 0.25) is 0 Å². The van der Waals surface area contributed by atoms with Gasteiger partial charge >= 0.3 is 0 Å². The Morgan fingerprint density at radius 2 is 1.84 bits per heavy atom. The highest BCUT2D eigenvalue weighted by molar-refractivity contribution is 7.92. The van der Waals surface area contributed by atoms with Crippen LogP contribution in [-0.2, 0) is 14.8 Å². The molecule has 0 aliphatic carbocycles. The zero-order valence-corrected chi connectivity index (χ0v) is 14.5. The average molecular weight is 358 g/mol. The van der Waals surface area contributed by atoms with Gasteiger partial charge in [0.1, 0.15) is 0 Å². The molecule has 1 heterocycles. The lowest BCUT2D eigenvalue weighted by Gasteiger charge is -2.16. The maximum absolute atomic E-state index is 12.5. The summed E-state index contributed by atoms with van der Waals surface area (Å²) in [6, 6.07) is 12.6. The van der Waals surface area contributed by atoms with Crippen LogP contribution in [0.5, 0.6) is 0 Å². The Balaban J connectivity index is 1.80. The summed E-state index contributed by atoms with van der Waals surface area (Å²) in [5, 5.41) is 0. The van der Waals surface area contributed by atoms with E-state index >= 15 is 0 Å². The number of carbonyl (C=O) groups excluding carboxylic acids is 2. The van der Waals surface area contributed by atoms with Crippen LogP contribution >= 0.6 is 0 Å². The number of nitrogens with zero attached hydrogens (tertiary/aromatic N) is 1. The van der Waals surface area contributed by atoms with E-state index in [4.69, 9.17) is 0 Å². The second kappa shape index (κ2) is 6.68. The van der Waals surface area contributed by atoms with Gasteiger partial charge < -0.3 is 4.90 Å². The first-order valence-corrected chi connectivity index (χ1v) is 9.39. The number of ketones is 1. The molecule has 0 bridgehead atoms. The summed E-state index contributed by atoms with van der Waals surface area (Å²) in [5.74, 6) is -0.119. The summed E-state index contributed by atoms with van der Waals surface area (Å²) in [6.07, 6.45) is 1.38. The Morgan fingerprint density at radius 1 is 1.12 bits per heavy atom. The van der Waals surface area contributed by atoms with E-state index in [2.05, 4.69) is 4.72 Å². The van der Waals surface area contributed by atoms with Crippen molar-refractivity contribution in [3.8, 4) is 0 Å². The molecule has 1 N–H and O–H groups in total. The Labute approximate surface area is 146 Å². The Bertz CT molecular complexity index is 920. The van der Waals surface area contributed by atoms with Gasteiger partial charge in [0.2, 0.25) is 5.91 Å². The number of hydrogen-bond donors (Lipinski definition) is 1. The van der Waals surface area contributed by atoms with Gasteiger partial charge in [0.25, 0.3) is 10.0 Å². The fraction of sp³-hybridized carbons (Fsp3) is 0.222. The van der Waals surface area contributed by atoms with Crippen LogP contribution < -0.4 is 9.62 Å². The molecule has 0 spiro atoms. The van der Waals surface area contributed by atoms with Crippen molar-refractivity contribution in [3.05, 3.63) is 54.1 Å². The van der Waals surface area contributed by atoms with E-state index in [1.165, 1.54) is 25.1 Å². The van der Waals surface area contributed by atoms with Gasteiger partial charge in [-0.05, 0) is 49.7 Å². The topological polar surface area (TPSA) is 83.6 Å². The van der Waals surface area contributed by atoms with Gasteiger partial charge in [-0.25, -0.2) is 8.42 Å². The number of nitrogens with one attached hydrogen (secondary N) is 1. The van der Waals surface area contributed by atoms with E-state index in [0.29, 0.717) is 24.2 Å². The van der Waals surface area contributed by atoms with Gasteiger partial charge in [-0.15, -0.1) is 0 Å². The number of Topliss-reactive ketones (excluding diaryl/α,β-unsaturated/α-hetero) is 1. The average Bonchev–Trinajstić information content (AvgIpc) is 3.01. The fourth-order valence-corrected chi connectivity index (χ4v) is 3.83. The third-order valence-electron chi connectivity index (χ3n) is 4.06. The first-order valence-electron chi connectivity index (χ1n) is 7.91. The molecular formula is C18H18N2O4S. The maximum atomic E-state index is 12.5. The first kappa shape index (κ1) is 17.2. The van der Waals surface area contributed by atoms with E-state index in [0.717, 1.165) is 12.1 Å². The Kier molecular flexibility index (Phi) is 4.59. The standard InChI is InChI=1S/C18H18N2O4S/c1-13(21)14-4-2-5-17(12-14)25(23,24)19-15-7-9-16(10-8-15)20-11-3-6-18(20)22/h2,4-5,7-10,12,19H,3,6,11H2,1H3. The molecule has 1 aliphatic rings. The van der Waals surface area contributed by atoms with Crippen molar-refractivity contribution in [1.29, 1.82) is 0 Å². The number of rotatable bonds is 5. The van der Waals surface area contributed by atoms with Crippen molar-refractivity contribution >= 4 is 33.1 Å². The number of sulfonamides is 1. The Hall–Kier alpha value is -2.67. The van der Waals surface area contributed by atoms with Crippen LogP contribution in [0.3, 0.4) is 0 Å². The van der Waals surface area contributed by atoms with Gasteiger partial charge in [0.15, 0.2) is 5.78 Å². The highest BCUT2D eigenvalue weighted by atomic mass is 32.2. The molecule has 0 radical (unpaired) electrons. The molecule has 0 unspecified atom stereocenters. The lowest BCUT2D eigenvalue weighted by Crippen LogP contribution is -2.23. The van der Waals surface area contributed by atoms with Crippen LogP contribution in [0, 0.1) is 0 Å². The molecule has 2 aromatic carbocycles. The lowest BCUT2D eigenvalue weighted by atomic mass is 10.2. The summed E-state index contributed by atoms with van der Waals surface area (Å²) in [6.45, 7) is 2.07. The van der Waals surface area contributed by atoms with E-state index < -0.39 is 10.0 Å². The Morgan fingerprint density at radius 3 is 2.44 bits per heavy atom. The van der Waals surface area contributed by atoms with Crippen LogP contribution in [0.1, 0.15) is 30.1 Å². The van der Waals surface area contributed by atoms with Crippen LogP contribution in [-0.4, -0.2) is 26.7 Å². The molecule has 0 atom stereocenters. The molecule has 25 heavy (non-hydrogen) atoms. The predicted octanol–water partition coefficient (Wildman–Crippen LogP) is 2.82. The second-order valence-electron chi connectivity index (χ2n) is 5.89. The molecule has 1 aliphatic heterocycles. The van der Waals surface area contributed by atoms with Crippen LogP contribution in [0.4, 0.5) is 11.4 Å². The first-order chi connectivity index (χ1) is 11.9. The molecule has 0 saturated carbocycles. The molecule has 2 aromatic rings. The third kappa shape index (κ3) is 3.71. The lowest BCUT2D eigenvalue weighted by molar-refractivity contribution is -0.117. The zero-order chi connectivity index (χ0) is 18.0. The van der Waals surface area contributed by atoms with Gasteiger partial charge in [0.05, 0.1) is 4.90 Å². The number of carbonyl (C=O) groups is 2. The number of amides is 1. The van der Waals surface area contributed by atoms with Gasteiger partial charge in [-0.3, -0.25) is 14.3 Å². The highest BCUT2D eigenvalue weighted by Crippen LogP contribution is 2.24. The normalized spacial score (nSPS) is 14.6. The number of anilines is 2. The van der Waals surface area contributed by atoms with Gasteiger partial charge in [0, 0.05) is 29.9 Å². The molecule has 7 heteroatoms. The highest BCUT2D eigenvalue weighted by Gasteiger charge is 2.22. The van der Waals surface area contributed by atoms with E-state index in [1.54, 1.807) is 35.2 Å². The zero-order valence-electron chi connectivity index (χ0n) is 13.7. The molecule has 1 amide bonds. The second-order valence-corrected chi connectivity index (χ2v) is 7.57. The van der Waals surface area contributed by atoms with Gasteiger partial charge in [-0.1, -0.05) is 12.1 Å². The van der Waals surface area contributed by atoms with E-state index in [9.17, 15) is 18.0 Å². The minimum Gasteiger partial charge on any atom is -0.312 e.